The first-order valence-electron chi connectivity index (χ1n) is 7.45. The number of nitrogens with zero attached hydrogens (tertiary/aromatic N) is 1. The maximum Gasteiger partial charge on any atom is 0.293 e. The smallest absolute Gasteiger partial charge is 0.293 e. The van der Waals surface area contributed by atoms with Crippen LogP contribution in [-0.2, 0) is 14.3 Å². The van der Waals surface area contributed by atoms with Crippen molar-refractivity contribution in [3.05, 3.63) is 0 Å². The molecule has 1 unspecified atom stereocenters. The van der Waals surface area contributed by atoms with Crippen LogP contribution >= 0.6 is 0 Å². The van der Waals surface area contributed by atoms with E-state index < -0.39 is 0 Å². The van der Waals surface area contributed by atoms with Gasteiger partial charge < -0.3 is 15.0 Å². The van der Waals surface area contributed by atoms with Crippen LogP contribution < -0.4 is 5.32 Å². The second-order valence-electron chi connectivity index (χ2n) is 6.61. The Hall–Kier alpha value is -1.10. The van der Waals surface area contributed by atoms with Crippen molar-refractivity contribution in [1.29, 1.82) is 0 Å². The topological polar surface area (TPSA) is 58.6 Å². The van der Waals surface area contributed by atoms with E-state index in [2.05, 4.69) is 17.0 Å². The van der Waals surface area contributed by atoms with Crippen molar-refractivity contribution in [3.8, 4) is 0 Å². The number of carbonyl (C=O) groups excluding carboxylic acids is 2. The second-order valence-corrected chi connectivity index (χ2v) is 6.61. The van der Waals surface area contributed by atoms with Crippen LogP contribution in [0.1, 0.15) is 47.0 Å². The molecule has 20 heavy (non-hydrogen) atoms. The van der Waals surface area contributed by atoms with E-state index in [0.717, 1.165) is 32.0 Å². The van der Waals surface area contributed by atoms with Crippen LogP contribution in [0.15, 0.2) is 0 Å². The number of hydrogen-bond donors (Lipinski definition) is 1. The highest BCUT2D eigenvalue weighted by Crippen LogP contribution is 2.33. The summed E-state index contributed by atoms with van der Waals surface area (Å²) in [6.07, 6.45) is 3.34. The minimum atomic E-state index is -0.318. The Bertz CT molecular complexity index is 322. The molecule has 2 fully saturated rings. The summed E-state index contributed by atoms with van der Waals surface area (Å²) in [7, 11) is 0. The first kappa shape index (κ1) is 17.0. The number of amides is 1. The Balaban J connectivity index is 0.000000246. The molecule has 1 heterocycles. The van der Waals surface area contributed by atoms with Gasteiger partial charge in [-0.15, -0.1) is 0 Å². The van der Waals surface area contributed by atoms with Crippen molar-refractivity contribution in [2.45, 2.75) is 58.6 Å². The van der Waals surface area contributed by atoms with Gasteiger partial charge in [-0.1, -0.05) is 0 Å². The molecule has 116 valence electrons. The Labute approximate surface area is 122 Å². The highest BCUT2D eigenvalue weighted by molar-refractivity contribution is 5.77. The Morgan fingerprint density at radius 2 is 2.05 bits per heavy atom. The highest BCUT2D eigenvalue weighted by Gasteiger charge is 2.29. The third-order valence-corrected chi connectivity index (χ3v) is 3.38. The number of nitrogens with one attached hydrogen (secondary N) is 1. The molecule has 1 N–H and O–H groups in total. The zero-order valence-electron chi connectivity index (χ0n) is 13.1. The summed E-state index contributed by atoms with van der Waals surface area (Å²) in [5, 5.41) is 3.29. The fourth-order valence-corrected chi connectivity index (χ4v) is 2.04. The SMILES string of the molecule is CC(C)(C)OC=O.CC1CNCCN1C(=O)CC1CC1. The zero-order valence-corrected chi connectivity index (χ0v) is 13.1. The van der Waals surface area contributed by atoms with Crippen LogP contribution in [0, 0.1) is 5.92 Å². The van der Waals surface area contributed by atoms with Crippen LogP contribution in [0.5, 0.6) is 0 Å². The van der Waals surface area contributed by atoms with Gasteiger partial charge in [-0.2, -0.15) is 0 Å². The lowest BCUT2D eigenvalue weighted by Gasteiger charge is -2.34. The van der Waals surface area contributed by atoms with Gasteiger partial charge in [0.2, 0.25) is 5.91 Å². The van der Waals surface area contributed by atoms with Crippen molar-refractivity contribution < 1.29 is 14.3 Å². The summed E-state index contributed by atoms with van der Waals surface area (Å²) < 4.78 is 4.55. The predicted octanol–water partition coefficient (Wildman–Crippen LogP) is 1.56. The Morgan fingerprint density at radius 1 is 1.40 bits per heavy atom. The second kappa shape index (κ2) is 7.62. The van der Waals surface area contributed by atoms with Gasteiger partial charge in [-0.25, -0.2) is 0 Å². The maximum atomic E-state index is 11.8. The van der Waals surface area contributed by atoms with Gasteiger partial charge in [-0.3, -0.25) is 9.59 Å². The Kier molecular flexibility index (Phi) is 6.46. The van der Waals surface area contributed by atoms with Crippen molar-refractivity contribution in [3.63, 3.8) is 0 Å². The van der Waals surface area contributed by atoms with Gasteiger partial charge in [0.05, 0.1) is 0 Å². The van der Waals surface area contributed by atoms with Crippen LogP contribution in [-0.4, -0.2) is 48.6 Å². The van der Waals surface area contributed by atoms with E-state index in [9.17, 15) is 9.59 Å². The Morgan fingerprint density at radius 3 is 2.45 bits per heavy atom. The van der Waals surface area contributed by atoms with E-state index >= 15 is 0 Å². The molecule has 0 spiro atoms. The van der Waals surface area contributed by atoms with E-state index in [4.69, 9.17) is 0 Å². The fraction of sp³-hybridized carbons (Fsp3) is 0.867. The quantitative estimate of drug-likeness (QED) is 0.799. The third kappa shape index (κ3) is 6.89. The predicted molar refractivity (Wildman–Crippen MR) is 78.3 cm³/mol. The lowest BCUT2D eigenvalue weighted by molar-refractivity contribution is -0.138. The van der Waals surface area contributed by atoms with E-state index in [1.807, 2.05) is 25.7 Å². The standard InChI is InChI=1S/C10H18N2O.C5H10O2/c1-8-7-11-4-5-12(8)10(13)6-9-2-3-9;1-5(2,3)7-4-6/h8-9,11H,2-7H2,1H3;4H,1-3H3. The van der Waals surface area contributed by atoms with Crippen LogP contribution in [0.25, 0.3) is 0 Å². The number of rotatable bonds is 3. The van der Waals surface area contributed by atoms with Crippen molar-refractivity contribution in [2.24, 2.45) is 5.92 Å². The van der Waals surface area contributed by atoms with Gasteiger partial charge in [0.25, 0.3) is 6.47 Å². The lowest BCUT2D eigenvalue weighted by Crippen LogP contribution is -2.52. The van der Waals surface area contributed by atoms with Crippen LogP contribution in [0.4, 0.5) is 0 Å². The summed E-state index contributed by atoms with van der Waals surface area (Å²) in [6, 6.07) is 0.389. The summed E-state index contributed by atoms with van der Waals surface area (Å²) in [4.78, 5) is 23.4. The molecular formula is C15H28N2O3. The van der Waals surface area contributed by atoms with E-state index in [-0.39, 0.29) is 5.60 Å². The molecule has 0 aromatic rings. The molecule has 1 aliphatic heterocycles. The van der Waals surface area contributed by atoms with Gasteiger partial charge in [0.15, 0.2) is 0 Å². The minimum Gasteiger partial charge on any atom is -0.462 e. The molecule has 1 amide bonds. The minimum absolute atomic E-state index is 0.318. The third-order valence-electron chi connectivity index (χ3n) is 3.38. The normalized spacial score (nSPS) is 22.6. The molecule has 1 aliphatic carbocycles. The zero-order chi connectivity index (χ0) is 15.2. The molecule has 2 aliphatic rings. The molecule has 1 saturated carbocycles. The molecule has 0 bridgehead atoms. The molecule has 1 saturated heterocycles. The van der Waals surface area contributed by atoms with Gasteiger partial charge in [0, 0.05) is 32.1 Å². The number of ether oxygens (including phenoxy) is 1. The largest absolute Gasteiger partial charge is 0.462 e. The molecule has 0 aromatic carbocycles. The van der Waals surface area contributed by atoms with E-state index in [1.54, 1.807) is 0 Å². The number of hydrogen-bond acceptors (Lipinski definition) is 4. The molecule has 2 rings (SSSR count). The van der Waals surface area contributed by atoms with E-state index in [0.29, 0.717) is 18.4 Å². The van der Waals surface area contributed by atoms with Crippen molar-refractivity contribution in [1.82, 2.24) is 10.2 Å². The fourth-order valence-electron chi connectivity index (χ4n) is 2.04. The maximum absolute atomic E-state index is 11.8. The summed E-state index contributed by atoms with van der Waals surface area (Å²) in [5.74, 6) is 1.09. The molecule has 0 radical (unpaired) electrons. The monoisotopic (exact) mass is 284 g/mol. The average Bonchev–Trinajstić information content (AvgIpc) is 3.12. The number of piperazine rings is 1. The molecule has 1 atom stereocenters. The first-order valence-corrected chi connectivity index (χ1v) is 7.45. The van der Waals surface area contributed by atoms with Crippen LogP contribution in [0.3, 0.4) is 0 Å². The van der Waals surface area contributed by atoms with Crippen LogP contribution in [0.2, 0.25) is 0 Å². The summed E-state index contributed by atoms with van der Waals surface area (Å²) >= 11 is 0. The van der Waals surface area contributed by atoms with Crippen molar-refractivity contribution >= 4 is 12.4 Å². The van der Waals surface area contributed by atoms with Gasteiger partial charge in [-0.05, 0) is 46.5 Å². The summed E-state index contributed by atoms with van der Waals surface area (Å²) in [6.45, 7) is 10.9. The highest BCUT2D eigenvalue weighted by atomic mass is 16.5. The van der Waals surface area contributed by atoms with Gasteiger partial charge in [0.1, 0.15) is 5.60 Å². The molecule has 0 aromatic heterocycles. The van der Waals surface area contributed by atoms with Crippen molar-refractivity contribution in [2.75, 3.05) is 19.6 Å². The van der Waals surface area contributed by atoms with E-state index in [1.165, 1.54) is 12.8 Å². The molecule has 5 heteroatoms. The summed E-state index contributed by atoms with van der Waals surface area (Å²) in [5.41, 5.74) is -0.318. The lowest BCUT2D eigenvalue weighted by atomic mass is 10.2. The average molecular weight is 284 g/mol. The first-order chi connectivity index (χ1) is 9.33. The van der Waals surface area contributed by atoms with Gasteiger partial charge >= 0.3 is 0 Å². The number of carbonyl (C=O) groups is 2. The molecular weight excluding hydrogens is 256 g/mol. The molecule has 5 nitrogen and oxygen atoms in total.